The zero-order valence-corrected chi connectivity index (χ0v) is 16.7. The smallest absolute Gasteiger partial charge is 0.271 e. The first-order valence-corrected chi connectivity index (χ1v) is 9.04. The molecule has 1 fully saturated rings. The number of nitrogen functional groups attached to an aromatic ring is 1. The van der Waals surface area contributed by atoms with Gasteiger partial charge in [0.2, 0.25) is 5.91 Å². The first-order valence-electron chi connectivity index (χ1n) is 8.59. The molecule has 0 radical (unpaired) electrons. The van der Waals surface area contributed by atoms with Crippen LogP contribution in [0.3, 0.4) is 0 Å². The van der Waals surface area contributed by atoms with Gasteiger partial charge in [0.15, 0.2) is 0 Å². The molecule has 2 rings (SSSR count). The standard InChI is InChI=1S/C18H25N5O4S/c1-10(19)14(28)8-27-11-3-4-13(20)12(7-11)15(21-2)16(25)23-18(9-24)5-6-22-17(18)26/h3-4,7,24,28H,5-6,8-9,19-20H2,1-2H3,(H,22,26)(H,23,25)/b14-10-,21-15?. The molecule has 0 bridgehead atoms. The number of anilines is 1. The number of nitrogens with zero attached hydrogens (tertiary/aromatic N) is 1. The molecular weight excluding hydrogens is 382 g/mol. The van der Waals surface area contributed by atoms with Crippen LogP contribution in [0.15, 0.2) is 33.8 Å². The molecule has 2 amide bonds. The highest BCUT2D eigenvalue weighted by atomic mass is 32.1. The molecule has 1 aromatic rings. The van der Waals surface area contributed by atoms with Gasteiger partial charge in [-0.05, 0) is 31.5 Å². The highest BCUT2D eigenvalue weighted by molar-refractivity contribution is 7.84. The molecule has 152 valence electrons. The maximum atomic E-state index is 12.8. The van der Waals surface area contributed by atoms with Gasteiger partial charge in [0.25, 0.3) is 5.91 Å². The predicted molar refractivity (Wildman–Crippen MR) is 110 cm³/mol. The molecule has 10 heteroatoms. The second kappa shape index (κ2) is 8.98. The molecule has 7 N–H and O–H groups in total. The van der Waals surface area contributed by atoms with Gasteiger partial charge in [-0.2, -0.15) is 0 Å². The number of hydrogen-bond acceptors (Lipinski definition) is 8. The summed E-state index contributed by atoms with van der Waals surface area (Å²) in [5, 5.41) is 14.8. The highest BCUT2D eigenvalue weighted by Crippen LogP contribution is 2.23. The van der Waals surface area contributed by atoms with E-state index in [-0.39, 0.29) is 18.7 Å². The average Bonchev–Trinajstić information content (AvgIpc) is 3.02. The number of rotatable bonds is 7. The van der Waals surface area contributed by atoms with Crippen LogP contribution in [-0.4, -0.2) is 55.0 Å². The third kappa shape index (κ3) is 4.57. The van der Waals surface area contributed by atoms with E-state index in [1.54, 1.807) is 25.1 Å². The normalized spacial score (nSPS) is 20.4. The van der Waals surface area contributed by atoms with Crippen LogP contribution in [0.4, 0.5) is 5.69 Å². The summed E-state index contributed by atoms with van der Waals surface area (Å²) in [6, 6.07) is 4.81. The number of ether oxygens (including phenoxy) is 1. The largest absolute Gasteiger partial charge is 0.488 e. The minimum Gasteiger partial charge on any atom is -0.488 e. The summed E-state index contributed by atoms with van der Waals surface area (Å²) in [5.74, 6) is -0.611. The number of aliphatic imine (C=N–C) groups is 1. The molecule has 0 aromatic heterocycles. The third-order valence-corrected chi connectivity index (χ3v) is 4.93. The fraction of sp³-hybridized carbons (Fsp3) is 0.389. The first-order chi connectivity index (χ1) is 13.2. The lowest BCUT2D eigenvalue weighted by Gasteiger charge is -2.25. The van der Waals surface area contributed by atoms with Crippen LogP contribution in [0.2, 0.25) is 0 Å². The summed E-state index contributed by atoms with van der Waals surface area (Å²) in [5.41, 5.74) is 11.5. The van der Waals surface area contributed by atoms with Crippen molar-refractivity contribution in [1.82, 2.24) is 10.6 Å². The van der Waals surface area contributed by atoms with Gasteiger partial charge in [-0.3, -0.25) is 14.6 Å². The molecule has 28 heavy (non-hydrogen) atoms. The minimum absolute atomic E-state index is 0.0205. The van der Waals surface area contributed by atoms with Gasteiger partial charge in [0, 0.05) is 35.4 Å². The van der Waals surface area contributed by atoms with E-state index in [2.05, 4.69) is 28.3 Å². The maximum Gasteiger partial charge on any atom is 0.271 e. The van der Waals surface area contributed by atoms with Gasteiger partial charge in [-0.25, -0.2) is 0 Å². The Hall–Kier alpha value is -2.72. The molecular formula is C18H25N5O4S. The number of aliphatic hydroxyl groups excluding tert-OH is 1. The van der Waals surface area contributed by atoms with E-state index in [1.165, 1.54) is 7.05 Å². The Kier molecular flexibility index (Phi) is 6.92. The summed E-state index contributed by atoms with van der Waals surface area (Å²) in [6.07, 6.45) is 0.277. The fourth-order valence-electron chi connectivity index (χ4n) is 2.70. The molecule has 0 aliphatic carbocycles. The second-order valence-corrected chi connectivity index (χ2v) is 6.98. The van der Waals surface area contributed by atoms with Gasteiger partial charge in [-0.1, -0.05) is 0 Å². The van der Waals surface area contributed by atoms with Crippen molar-refractivity contribution in [3.05, 3.63) is 34.4 Å². The van der Waals surface area contributed by atoms with Crippen LogP contribution in [0.1, 0.15) is 18.9 Å². The molecule has 1 heterocycles. The van der Waals surface area contributed by atoms with Crippen LogP contribution in [0.5, 0.6) is 5.75 Å². The minimum atomic E-state index is -1.37. The number of carbonyl (C=O) groups is 2. The van der Waals surface area contributed by atoms with E-state index in [9.17, 15) is 14.7 Å². The van der Waals surface area contributed by atoms with Crippen LogP contribution in [-0.2, 0) is 9.59 Å². The number of benzene rings is 1. The van der Waals surface area contributed by atoms with E-state index in [1.807, 2.05) is 0 Å². The molecule has 1 aliphatic rings. The number of thiol groups is 1. The number of aliphatic hydroxyl groups is 1. The van der Waals surface area contributed by atoms with E-state index < -0.39 is 24.0 Å². The van der Waals surface area contributed by atoms with Gasteiger partial charge >= 0.3 is 0 Å². The summed E-state index contributed by atoms with van der Waals surface area (Å²) < 4.78 is 5.63. The number of allylic oxidation sites excluding steroid dienone is 1. The number of carbonyl (C=O) groups excluding carboxylic acids is 2. The highest BCUT2D eigenvalue weighted by Gasteiger charge is 2.44. The van der Waals surface area contributed by atoms with Crippen molar-refractivity contribution in [2.45, 2.75) is 18.9 Å². The van der Waals surface area contributed by atoms with E-state index in [0.717, 1.165) is 0 Å². The zero-order valence-electron chi connectivity index (χ0n) is 15.8. The SMILES string of the molecule is CN=C(C(=O)NC1(CO)CCNC1=O)c1cc(OC/C(S)=C(\C)N)ccc1N. The number of nitrogens with two attached hydrogens (primary N) is 2. The quantitative estimate of drug-likeness (QED) is 0.205. The molecule has 0 spiro atoms. The monoisotopic (exact) mass is 407 g/mol. The third-order valence-electron chi connectivity index (χ3n) is 4.44. The topological polar surface area (TPSA) is 152 Å². The number of hydrogen-bond donors (Lipinski definition) is 6. The molecule has 1 aliphatic heterocycles. The van der Waals surface area contributed by atoms with E-state index in [4.69, 9.17) is 16.2 Å². The molecule has 1 atom stereocenters. The van der Waals surface area contributed by atoms with Crippen molar-refractivity contribution in [3.63, 3.8) is 0 Å². The van der Waals surface area contributed by atoms with Gasteiger partial charge in [0.1, 0.15) is 23.6 Å². The van der Waals surface area contributed by atoms with Crippen LogP contribution in [0, 0.1) is 0 Å². The van der Waals surface area contributed by atoms with Crippen molar-refractivity contribution >= 4 is 35.8 Å². The Morgan fingerprint density at radius 3 is 2.75 bits per heavy atom. The second-order valence-electron chi connectivity index (χ2n) is 6.44. The van der Waals surface area contributed by atoms with Crippen molar-refractivity contribution in [2.24, 2.45) is 10.7 Å². The lowest BCUT2D eigenvalue weighted by molar-refractivity contribution is -0.130. The summed E-state index contributed by atoms with van der Waals surface area (Å²) in [4.78, 5) is 29.4. The number of amides is 2. The van der Waals surface area contributed by atoms with Gasteiger partial charge in [-0.15, -0.1) is 12.6 Å². The van der Waals surface area contributed by atoms with Crippen LogP contribution in [0.25, 0.3) is 0 Å². The Morgan fingerprint density at radius 2 is 2.21 bits per heavy atom. The van der Waals surface area contributed by atoms with E-state index >= 15 is 0 Å². The van der Waals surface area contributed by atoms with Gasteiger partial charge < -0.3 is 31.9 Å². The Bertz CT molecular complexity index is 835. The predicted octanol–water partition coefficient (Wildman–Crippen LogP) is -0.446. The average molecular weight is 407 g/mol. The Morgan fingerprint density at radius 1 is 1.50 bits per heavy atom. The van der Waals surface area contributed by atoms with Crippen LogP contribution >= 0.6 is 12.6 Å². The summed E-state index contributed by atoms with van der Waals surface area (Å²) >= 11 is 4.24. The number of nitrogens with one attached hydrogen (secondary N) is 2. The van der Waals surface area contributed by atoms with Crippen LogP contribution < -0.4 is 26.8 Å². The van der Waals surface area contributed by atoms with Crippen molar-refractivity contribution in [1.29, 1.82) is 0 Å². The van der Waals surface area contributed by atoms with Crippen molar-refractivity contribution in [2.75, 3.05) is 32.5 Å². The zero-order chi connectivity index (χ0) is 20.9. The molecule has 1 saturated heterocycles. The van der Waals surface area contributed by atoms with Crippen molar-refractivity contribution < 1.29 is 19.4 Å². The lowest BCUT2D eigenvalue weighted by Crippen LogP contribution is -2.57. The van der Waals surface area contributed by atoms with E-state index in [0.29, 0.717) is 34.1 Å². The Labute approximate surface area is 168 Å². The molecule has 0 saturated carbocycles. The van der Waals surface area contributed by atoms with Crippen molar-refractivity contribution in [3.8, 4) is 5.75 Å². The fourth-order valence-corrected chi connectivity index (χ4v) is 2.76. The van der Waals surface area contributed by atoms with Gasteiger partial charge in [0.05, 0.1) is 6.61 Å². The molecule has 1 unspecified atom stereocenters. The first kappa shape index (κ1) is 21.6. The molecule has 1 aromatic carbocycles. The Balaban J connectivity index is 2.26. The lowest BCUT2D eigenvalue weighted by atomic mass is 9.97. The maximum absolute atomic E-state index is 12.8. The molecule has 9 nitrogen and oxygen atoms in total. The summed E-state index contributed by atoms with van der Waals surface area (Å²) in [6.45, 7) is 1.72. The summed E-state index contributed by atoms with van der Waals surface area (Å²) in [7, 11) is 1.44.